The summed E-state index contributed by atoms with van der Waals surface area (Å²) < 4.78 is 27.3. The van der Waals surface area contributed by atoms with Gasteiger partial charge in [0.05, 0.1) is 0 Å². The molecule has 116 valence electrons. The number of hydrogen-bond acceptors (Lipinski definition) is 4. The Bertz CT molecular complexity index is 514. The van der Waals surface area contributed by atoms with Crippen LogP contribution in [0, 0.1) is 5.92 Å². The first kappa shape index (κ1) is 17.9. The van der Waals surface area contributed by atoms with Gasteiger partial charge < -0.3 is 5.73 Å². The molecule has 1 saturated heterocycles. The van der Waals surface area contributed by atoms with Crippen molar-refractivity contribution in [3.63, 3.8) is 0 Å². The fourth-order valence-electron chi connectivity index (χ4n) is 2.53. The van der Waals surface area contributed by atoms with Crippen molar-refractivity contribution < 1.29 is 8.42 Å². The summed E-state index contributed by atoms with van der Waals surface area (Å²) in [6, 6.07) is 3.66. The molecule has 1 atom stereocenters. The lowest BCUT2D eigenvalue weighted by atomic mass is 9.96. The fourth-order valence-corrected chi connectivity index (χ4v) is 5.54. The largest absolute Gasteiger partial charge is 0.330 e. The van der Waals surface area contributed by atoms with Gasteiger partial charge in [0.25, 0.3) is 10.0 Å². The van der Waals surface area contributed by atoms with E-state index in [1.54, 1.807) is 10.4 Å². The summed E-state index contributed by atoms with van der Waals surface area (Å²) in [4.78, 5) is 1.12. The summed E-state index contributed by atoms with van der Waals surface area (Å²) in [6.07, 6.45) is 3.83. The van der Waals surface area contributed by atoms with Crippen LogP contribution in [0.25, 0.3) is 0 Å². The van der Waals surface area contributed by atoms with Crippen LogP contribution in [0.1, 0.15) is 31.1 Å². The number of nitrogens with two attached hydrogens (primary N) is 1. The van der Waals surface area contributed by atoms with Gasteiger partial charge in [0.15, 0.2) is 0 Å². The molecule has 0 saturated carbocycles. The molecule has 2 heterocycles. The number of aryl methyl sites for hydroxylation is 1. The van der Waals surface area contributed by atoms with Crippen LogP contribution in [0.15, 0.2) is 16.3 Å². The third-order valence-electron chi connectivity index (χ3n) is 3.64. The molecule has 1 aliphatic heterocycles. The minimum Gasteiger partial charge on any atom is -0.330 e. The lowest BCUT2D eigenvalue weighted by molar-refractivity contribution is 0.258. The molecule has 2 N–H and O–H groups in total. The molecular weight excluding hydrogens is 316 g/mol. The number of halogens is 1. The number of rotatable bonds is 5. The first-order chi connectivity index (χ1) is 9.07. The zero-order valence-electron chi connectivity index (χ0n) is 11.7. The van der Waals surface area contributed by atoms with Crippen molar-refractivity contribution in [2.75, 3.05) is 19.6 Å². The Balaban J connectivity index is 0.00000200. The summed E-state index contributed by atoms with van der Waals surface area (Å²) in [5.41, 5.74) is 5.58. The molecule has 4 nitrogen and oxygen atoms in total. The highest BCUT2D eigenvalue weighted by molar-refractivity contribution is 7.91. The van der Waals surface area contributed by atoms with Crippen molar-refractivity contribution in [1.29, 1.82) is 0 Å². The van der Waals surface area contributed by atoms with Crippen LogP contribution in [0.5, 0.6) is 0 Å². The van der Waals surface area contributed by atoms with Crippen molar-refractivity contribution in [2.24, 2.45) is 11.7 Å². The number of thiophene rings is 1. The second kappa shape index (κ2) is 7.75. The third-order valence-corrected chi connectivity index (χ3v) is 7.20. The van der Waals surface area contributed by atoms with E-state index >= 15 is 0 Å². The Hall–Kier alpha value is -0.140. The zero-order chi connectivity index (χ0) is 13.9. The molecule has 0 bridgehead atoms. The molecule has 0 amide bonds. The van der Waals surface area contributed by atoms with Gasteiger partial charge in [-0.25, -0.2) is 8.42 Å². The molecule has 0 aliphatic carbocycles. The number of sulfonamides is 1. The summed E-state index contributed by atoms with van der Waals surface area (Å²) in [5.74, 6) is 0.416. The second-order valence-corrected chi connectivity index (χ2v) is 8.36. The third kappa shape index (κ3) is 3.95. The maximum Gasteiger partial charge on any atom is 0.252 e. The topological polar surface area (TPSA) is 63.4 Å². The SMILES string of the molecule is CCc1ccc(S(=O)(=O)N2CCCC(CCN)C2)s1.Cl. The lowest BCUT2D eigenvalue weighted by Crippen LogP contribution is -2.40. The van der Waals surface area contributed by atoms with E-state index in [-0.39, 0.29) is 12.4 Å². The van der Waals surface area contributed by atoms with Crippen LogP contribution < -0.4 is 5.73 Å². The Kier molecular flexibility index (Phi) is 6.94. The van der Waals surface area contributed by atoms with Crippen molar-refractivity contribution in [3.8, 4) is 0 Å². The molecule has 0 radical (unpaired) electrons. The fraction of sp³-hybridized carbons (Fsp3) is 0.692. The maximum atomic E-state index is 12.6. The van der Waals surface area contributed by atoms with E-state index in [1.165, 1.54) is 11.3 Å². The first-order valence-corrected chi connectivity index (χ1v) is 9.12. The summed E-state index contributed by atoms with van der Waals surface area (Å²) in [7, 11) is -3.29. The highest BCUT2D eigenvalue weighted by Crippen LogP contribution is 2.29. The van der Waals surface area contributed by atoms with E-state index in [0.717, 1.165) is 30.6 Å². The van der Waals surface area contributed by atoms with Crippen LogP contribution in [0.3, 0.4) is 0 Å². The molecule has 0 aromatic carbocycles. The quantitative estimate of drug-likeness (QED) is 0.897. The van der Waals surface area contributed by atoms with Gasteiger partial charge in [0, 0.05) is 18.0 Å². The molecule has 1 fully saturated rings. The molecule has 1 unspecified atom stereocenters. The Morgan fingerprint density at radius 2 is 2.20 bits per heavy atom. The Morgan fingerprint density at radius 1 is 1.45 bits per heavy atom. The Morgan fingerprint density at radius 3 is 2.80 bits per heavy atom. The molecule has 0 spiro atoms. The molecule has 1 aromatic rings. The van der Waals surface area contributed by atoms with Crippen LogP contribution in [-0.4, -0.2) is 32.4 Å². The molecule has 2 rings (SSSR count). The van der Waals surface area contributed by atoms with Crippen molar-refractivity contribution in [2.45, 2.75) is 36.8 Å². The molecular formula is C13H23ClN2O2S2. The van der Waals surface area contributed by atoms with Gasteiger partial charge in [-0.3, -0.25) is 0 Å². The van der Waals surface area contributed by atoms with Gasteiger partial charge in [-0.05, 0) is 50.3 Å². The van der Waals surface area contributed by atoms with E-state index in [2.05, 4.69) is 0 Å². The molecule has 20 heavy (non-hydrogen) atoms. The van der Waals surface area contributed by atoms with Gasteiger partial charge in [0.1, 0.15) is 4.21 Å². The van der Waals surface area contributed by atoms with E-state index < -0.39 is 10.0 Å². The number of hydrogen-bond donors (Lipinski definition) is 1. The summed E-state index contributed by atoms with van der Waals surface area (Å²) in [6.45, 7) is 3.94. The average Bonchev–Trinajstić information content (AvgIpc) is 2.89. The van der Waals surface area contributed by atoms with Crippen LogP contribution in [0.2, 0.25) is 0 Å². The standard InChI is InChI=1S/C13H22N2O2S2.ClH/c1-2-12-5-6-13(18-12)19(16,17)15-9-3-4-11(10-15)7-8-14;/h5-6,11H,2-4,7-10,14H2,1H3;1H. The predicted octanol–water partition coefficient (Wildman–Crippen LogP) is 2.48. The van der Waals surface area contributed by atoms with Crippen molar-refractivity contribution in [1.82, 2.24) is 4.31 Å². The van der Waals surface area contributed by atoms with Crippen molar-refractivity contribution >= 4 is 33.8 Å². The highest BCUT2D eigenvalue weighted by atomic mass is 35.5. The monoisotopic (exact) mass is 338 g/mol. The lowest BCUT2D eigenvalue weighted by Gasteiger charge is -2.31. The normalized spacial score (nSPS) is 20.6. The van der Waals surface area contributed by atoms with E-state index in [4.69, 9.17) is 5.73 Å². The van der Waals surface area contributed by atoms with Crippen LogP contribution in [-0.2, 0) is 16.4 Å². The van der Waals surface area contributed by atoms with Crippen LogP contribution in [0.4, 0.5) is 0 Å². The average molecular weight is 339 g/mol. The minimum absolute atomic E-state index is 0. The van der Waals surface area contributed by atoms with E-state index in [1.807, 2.05) is 13.0 Å². The minimum atomic E-state index is -3.29. The Labute approximate surface area is 131 Å². The van der Waals surface area contributed by atoms with Gasteiger partial charge in [-0.2, -0.15) is 4.31 Å². The number of piperidine rings is 1. The van der Waals surface area contributed by atoms with E-state index in [9.17, 15) is 8.42 Å². The molecule has 7 heteroatoms. The van der Waals surface area contributed by atoms with Crippen LogP contribution >= 0.6 is 23.7 Å². The summed E-state index contributed by atoms with van der Waals surface area (Å²) >= 11 is 1.39. The molecule has 1 aliphatic rings. The number of nitrogens with zero attached hydrogens (tertiary/aromatic N) is 1. The maximum absolute atomic E-state index is 12.6. The summed E-state index contributed by atoms with van der Waals surface area (Å²) in [5, 5.41) is 0. The second-order valence-electron chi connectivity index (χ2n) is 5.02. The highest BCUT2D eigenvalue weighted by Gasteiger charge is 2.30. The van der Waals surface area contributed by atoms with Gasteiger partial charge in [-0.15, -0.1) is 23.7 Å². The first-order valence-electron chi connectivity index (χ1n) is 6.87. The predicted molar refractivity (Wildman–Crippen MR) is 86.1 cm³/mol. The van der Waals surface area contributed by atoms with Crippen molar-refractivity contribution in [3.05, 3.63) is 17.0 Å². The molecule has 1 aromatic heterocycles. The van der Waals surface area contributed by atoms with E-state index in [0.29, 0.717) is 29.8 Å². The zero-order valence-corrected chi connectivity index (χ0v) is 14.2. The van der Waals surface area contributed by atoms with Gasteiger partial charge >= 0.3 is 0 Å². The smallest absolute Gasteiger partial charge is 0.252 e. The van der Waals surface area contributed by atoms with Gasteiger partial charge in [-0.1, -0.05) is 6.92 Å². The van der Waals surface area contributed by atoms with Gasteiger partial charge in [0.2, 0.25) is 0 Å².